The highest BCUT2D eigenvalue weighted by Gasteiger charge is 2.47. The monoisotopic (exact) mass is 265 g/mol. The highest BCUT2D eigenvalue weighted by molar-refractivity contribution is 5.32. The van der Waals surface area contributed by atoms with Crippen LogP contribution in [0.15, 0.2) is 24.3 Å². The van der Waals surface area contributed by atoms with Crippen molar-refractivity contribution in [3.63, 3.8) is 0 Å². The van der Waals surface area contributed by atoms with Gasteiger partial charge in [0.2, 0.25) is 0 Å². The molecule has 1 saturated heterocycles. The van der Waals surface area contributed by atoms with Gasteiger partial charge in [0.1, 0.15) is 5.75 Å². The van der Waals surface area contributed by atoms with Crippen LogP contribution < -0.4 is 10.5 Å². The van der Waals surface area contributed by atoms with Crippen molar-refractivity contribution in [1.82, 2.24) is 0 Å². The molecule has 0 saturated carbocycles. The summed E-state index contributed by atoms with van der Waals surface area (Å²) in [6.45, 7) is 3.62. The molecular formula is C15H23NO3. The molecule has 3 N–H and O–H groups in total. The van der Waals surface area contributed by atoms with E-state index in [9.17, 15) is 5.11 Å². The first-order valence-corrected chi connectivity index (χ1v) is 6.70. The Morgan fingerprint density at radius 1 is 1.32 bits per heavy atom. The molecule has 0 aromatic heterocycles. The summed E-state index contributed by atoms with van der Waals surface area (Å²) in [5, 5.41) is 11.0. The molecule has 19 heavy (non-hydrogen) atoms. The molecule has 4 heteroatoms. The Kier molecular flexibility index (Phi) is 4.13. The van der Waals surface area contributed by atoms with Gasteiger partial charge in [0.25, 0.3) is 0 Å². The molecule has 1 aliphatic rings. The maximum Gasteiger partial charge on any atom is 0.118 e. The number of aliphatic hydroxyl groups is 1. The van der Waals surface area contributed by atoms with E-state index < -0.39 is 5.60 Å². The Hall–Kier alpha value is -1.10. The van der Waals surface area contributed by atoms with E-state index in [1.807, 2.05) is 31.2 Å². The minimum atomic E-state index is -0.961. The Balaban J connectivity index is 2.32. The van der Waals surface area contributed by atoms with Gasteiger partial charge < -0.3 is 20.3 Å². The van der Waals surface area contributed by atoms with Gasteiger partial charge in [-0.3, -0.25) is 0 Å². The van der Waals surface area contributed by atoms with Crippen LogP contribution in [0.5, 0.6) is 5.75 Å². The molecule has 4 nitrogen and oxygen atoms in total. The summed E-state index contributed by atoms with van der Waals surface area (Å²) in [6.07, 6.45) is 1.56. The molecule has 106 valence electrons. The third kappa shape index (κ3) is 2.48. The lowest BCUT2D eigenvalue weighted by Gasteiger charge is -2.47. The number of benzene rings is 1. The molecule has 0 radical (unpaired) electrons. The fourth-order valence-corrected chi connectivity index (χ4v) is 2.87. The van der Waals surface area contributed by atoms with E-state index in [-0.39, 0.29) is 5.41 Å². The zero-order valence-electron chi connectivity index (χ0n) is 11.7. The fraction of sp³-hybridized carbons (Fsp3) is 0.600. The quantitative estimate of drug-likeness (QED) is 0.869. The Bertz CT molecular complexity index is 408. The van der Waals surface area contributed by atoms with Crippen LogP contribution in [-0.4, -0.2) is 32.0 Å². The molecule has 2 rings (SSSR count). The molecular weight excluding hydrogens is 242 g/mol. The second kappa shape index (κ2) is 5.49. The van der Waals surface area contributed by atoms with Gasteiger partial charge in [0.05, 0.1) is 12.7 Å². The van der Waals surface area contributed by atoms with E-state index >= 15 is 0 Å². The smallest absolute Gasteiger partial charge is 0.118 e. The lowest BCUT2D eigenvalue weighted by atomic mass is 9.65. The molecule has 1 unspecified atom stereocenters. The zero-order chi connectivity index (χ0) is 13.9. The normalized spacial score (nSPS) is 21.7. The van der Waals surface area contributed by atoms with Crippen molar-refractivity contribution in [3.05, 3.63) is 29.8 Å². The minimum absolute atomic E-state index is 0.320. The van der Waals surface area contributed by atoms with Crippen LogP contribution in [0.4, 0.5) is 0 Å². The third-order valence-electron chi connectivity index (χ3n) is 4.53. The van der Waals surface area contributed by atoms with Gasteiger partial charge >= 0.3 is 0 Å². The number of methoxy groups -OCH3 is 1. The van der Waals surface area contributed by atoms with Crippen molar-refractivity contribution >= 4 is 0 Å². The maximum absolute atomic E-state index is 11.0. The van der Waals surface area contributed by atoms with Crippen molar-refractivity contribution in [1.29, 1.82) is 0 Å². The van der Waals surface area contributed by atoms with Gasteiger partial charge in [0, 0.05) is 25.2 Å². The van der Waals surface area contributed by atoms with Gasteiger partial charge in [-0.05, 0) is 37.5 Å². The van der Waals surface area contributed by atoms with Gasteiger partial charge in [-0.2, -0.15) is 0 Å². The predicted molar refractivity (Wildman–Crippen MR) is 74.1 cm³/mol. The van der Waals surface area contributed by atoms with E-state index in [4.69, 9.17) is 15.2 Å². The first-order valence-electron chi connectivity index (χ1n) is 6.70. The molecule has 0 bridgehead atoms. The second-order valence-electron chi connectivity index (χ2n) is 5.40. The first-order chi connectivity index (χ1) is 9.05. The van der Waals surface area contributed by atoms with Crippen molar-refractivity contribution < 1.29 is 14.6 Å². The van der Waals surface area contributed by atoms with E-state index in [2.05, 4.69) is 0 Å². The van der Waals surface area contributed by atoms with Crippen LogP contribution in [0.3, 0.4) is 0 Å². The highest BCUT2D eigenvalue weighted by atomic mass is 16.5. The highest BCUT2D eigenvalue weighted by Crippen LogP contribution is 2.46. The molecule has 1 heterocycles. The third-order valence-corrected chi connectivity index (χ3v) is 4.53. The SMILES string of the molecule is COc1ccc(C(C)(O)C2(CN)CCOCC2)cc1. The molecule has 0 aliphatic carbocycles. The van der Waals surface area contributed by atoms with Crippen molar-refractivity contribution in [2.75, 3.05) is 26.9 Å². The Morgan fingerprint density at radius 3 is 2.37 bits per heavy atom. The standard InChI is InChI=1S/C15H23NO3/c1-14(17,12-3-5-13(18-2)6-4-12)15(11-16)7-9-19-10-8-15/h3-6,17H,7-11,16H2,1-2H3. The summed E-state index contributed by atoms with van der Waals surface area (Å²) in [4.78, 5) is 0. The summed E-state index contributed by atoms with van der Waals surface area (Å²) in [5.41, 5.74) is 5.57. The van der Waals surface area contributed by atoms with Crippen LogP contribution in [-0.2, 0) is 10.3 Å². The lowest BCUT2D eigenvalue weighted by Crippen LogP contribution is -2.51. The maximum atomic E-state index is 11.0. The second-order valence-corrected chi connectivity index (χ2v) is 5.40. The molecule has 0 amide bonds. The summed E-state index contributed by atoms with van der Waals surface area (Å²) in [7, 11) is 1.63. The van der Waals surface area contributed by atoms with Gasteiger partial charge in [-0.25, -0.2) is 0 Å². The summed E-state index contributed by atoms with van der Waals surface area (Å²) in [5.74, 6) is 0.785. The number of hydrogen-bond acceptors (Lipinski definition) is 4. The lowest BCUT2D eigenvalue weighted by molar-refractivity contribution is -0.123. The zero-order valence-corrected chi connectivity index (χ0v) is 11.7. The van der Waals surface area contributed by atoms with Crippen molar-refractivity contribution in [2.45, 2.75) is 25.4 Å². The summed E-state index contributed by atoms with van der Waals surface area (Å²) >= 11 is 0. The number of rotatable bonds is 4. The minimum Gasteiger partial charge on any atom is -0.497 e. The van der Waals surface area contributed by atoms with E-state index in [0.717, 1.165) is 24.2 Å². The molecule has 1 aromatic carbocycles. The Morgan fingerprint density at radius 2 is 1.89 bits per heavy atom. The van der Waals surface area contributed by atoms with Gasteiger partial charge in [0.15, 0.2) is 0 Å². The first kappa shape index (κ1) is 14.3. The average molecular weight is 265 g/mol. The largest absolute Gasteiger partial charge is 0.497 e. The van der Waals surface area contributed by atoms with E-state index in [1.54, 1.807) is 7.11 Å². The number of nitrogens with two attached hydrogens (primary N) is 1. The number of hydrogen-bond donors (Lipinski definition) is 2. The predicted octanol–water partition coefficient (Wildman–Crippen LogP) is 1.66. The molecule has 1 aromatic rings. The summed E-state index contributed by atoms with van der Waals surface area (Å²) < 4.78 is 10.6. The molecule has 0 spiro atoms. The van der Waals surface area contributed by atoms with Crippen LogP contribution in [0.1, 0.15) is 25.3 Å². The van der Waals surface area contributed by atoms with Gasteiger partial charge in [-0.1, -0.05) is 12.1 Å². The molecule has 1 atom stereocenters. The average Bonchev–Trinajstić information content (AvgIpc) is 2.47. The van der Waals surface area contributed by atoms with Crippen molar-refractivity contribution in [2.24, 2.45) is 11.1 Å². The summed E-state index contributed by atoms with van der Waals surface area (Å²) in [6, 6.07) is 7.55. The fourth-order valence-electron chi connectivity index (χ4n) is 2.87. The molecule has 1 fully saturated rings. The van der Waals surface area contributed by atoms with Crippen LogP contribution in [0.25, 0.3) is 0 Å². The van der Waals surface area contributed by atoms with Crippen LogP contribution in [0.2, 0.25) is 0 Å². The number of ether oxygens (including phenoxy) is 2. The topological polar surface area (TPSA) is 64.7 Å². The molecule has 1 aliphatic heterocycles. The van der Waals surface area contributed by atoms with Crippen molar-refractivity contribution in [3.8, 4) is 5.75 Å². The van der Waals surface area contributed by atoms with E-state index in [0.29, 0.717) is 19.8 Å². The van der Waals surface area contributed by atoms with Crippen LogP contribution in [0, 0.1) is 5.41 Å². The Labute approximate surface area is 114 Å². The van der Waals surface area contributed by atoms with E-state index in [1.165, 1.54) is 0 Å². The van der Waals surface area contributed by atoms with Gasteiger partial charge in [-0.15, -0.1) is 0 Å². The van der Waals surface area contributed by atoms with Crippen LogP contribution >= 0.6 is 0 Å².